The fourth-order valence-corrected chi connectivity index (χ4v) is 2.89. The molecule has 2 aromatic heterocycles. The molecule has 4 rings (SSSR count). The fraction of sp³-hybridized carbons (Fsp3) is 0.0909. The van der Waals surface area contributed by atoms with E-state index in [0.29, 0.717) is 18.1 Å². The van der Waals surface area contributed by atoms with Gasteiger partial charge in [0.1, 0.15) is 17.3 Å². The first-order valence-electron chi connectivity index (χ1n) is 9.20. The smallest absolute Gasteiger partial charge is 0.275 e. The van der Waals surface area contributed by atoms with Gasteiger partial charge in [-0.3, -0.25) is 9.78 Å². The van der Waals surface area contributed by atoms with Gasteiger partial charge in [0, 0.05) is 11.6 Å². The number of ether oxygens (including phenoxy) is 1. The van der Waals surface area contributed by atoms with Crippen molar-refractivity contribution in [3.05, 3.63) is 78.9 Å². The number of rotatable bonds is 6. The quantitative estimate of drug-likeness (QED) is 0.511. The molecule has 4 aromatic rings. The third-order valence-corrected chi connectivity index (χ3v) is 4.22. The highest BCUT2D eigenvalue weighted by Crippen LogP contribution is 2.26. The van der Waals surface area contributed by atoms with Crippen LogP contribution in [0.15, 0.2) is 73.2 Å². The first kappa shape index (κ1) is 18.4. The number of hydrogen-bond donors (Lipinski definition) is 2. The van der Waals surface area contributed by atoms with E-state index in [9.17, 15) is 4.79 Å². The summed E-state index contributed by atoms with van der Waals surface area (Å²) in [5.74, 6) is 0.888. The summed E-state index contributed by atoms with van der Waals surface area (Å²) >= 11 is 0. The van der Waals surface area contributed by atoms with E-state index >= 15 is 0 Å². The molecule has 0 atom stereocenters. The Balaban J connectivity index is 1.50. The van der Waals surface area contributed by atoms with E-state index in [4.69, 9.17) is 4.74 Å². The number of benzene rings is 2. The normalized spacial score (nSPS) is 10.5. The van der Waals surface area contributed by atoms with Gasteiger partial charge in [0.05, 0.1) is 35.9 Å². The van der Waals surface area contributed by atoms with Crippen LogP contribution < -0.4 is 15.4 Å². The predicted molar refractivity (Wildman–Crippen MR) is 113 cm³/mol. The van der Waals surface area contributed by atoms with Crippen molar-refractivity contribution in [2.45, 2.75) is 6.92 Å². The SMILES string of the molecule is CCOc1ccccc1Nc1cnc(C(=O)Nc2cccc3cccnc23)cn1. The van der Waals surface area contributed by atoms with Crippen LogP contribution in [0.5, 0.6) is 5.75 Å². The monoisotopic (exact) mass is 385 g/mol. The van der Waals surface area contributed by atoms with Gasteiger partial charge in [-0.15, -0.1) is 0 Å². The Bertz CT molecular complexity index is 1140. The molecule has 0 aliphatic carbocycles. The molecule has 0 radical (unpaired) electrons. The van der Waals surface area contributed by atoms with E-state index in [-0.39, 0.29) is 11.6 Å². The van der Waals surface area contributed by atoms with Crippen molar-refractivity contribution in [2.75, 3.05) is 17.2 Å². The average molecular weight is 385 g/mol. The summed E-state index contributed by atoms with van der Waals surface area (Å²) in [4.78, 5) is 25.4. The van der Waals surface area contributed by atoms with Crippen molar-refractivity contribution in [1.29, 1.82) is 0 Å². The van der Waals surface area contributed by atoms with E-state index in [0.717, 1.165) is 22.3 Å². The van der Waals surface area contributed by atoms with Crippen molar-refractivity contribution in [3.8, 4) is 5.75 Å². The average Bonchev–Trinajstić information content (AvgIpc) is 2.76. The molecule has 1 amide bonds. The number of amides is 1. The van der Waals surface area contributed by atoms with E-state index in [2.05, 4.69) is 25.6 Å². The molecule has 29 heavy (non-hydrogen) atoms. The number of nitrogens with zero attached hydrogens (tertiary/aromatic N) is 3. The molecule has 0 fully saturated rings. The number of para-hydroxylation sites is 3. The van der Waals surface area contributed by atoms with Crippen molar-refractivity contribution >= 4 is 34.0 Å². The summed E-state index contributed by atoms with van der Waals surface area (Å²) in [6.45, 7) is 2.49. The maximum atomic E-state index is 12.6. The van der Waals surface area contributed by atoms with E-state index in [1.807, 2.05) is 55.5 Å². The molecule has 7 heteroatoms. The van der Waals surface area contributed by atoms with Crippen molar-refractivity contribution < 1.29 is 9.53 Å². The Morgan fingerprint density at radius 1 is 0.931 bits per heavy atom. The lowest BCUT2D eigenvalue weighted by molar-refractivity contribution is 0.102. The number of fused-ring (bicyclic) bond motifs is 1. The van der Waals surface area contributed by atoms with Gasteiger partial charge in [0.2, 0.25) is 0 Å². The summed E-state index contributed by atoms with van der Waals surface area (Å²) in [7, 11) is 0. The minimum Gasteiger partial charge on any atom is -0.492 e. The molecule has 0 saturated heterocycles. The van der Waals surface area contributed by atoms with Crippen LogP contribution in [0.4, 0.5) is 17.2 Å². The van der Waals surface area contributed by atoms with Crippen molar-refractivity contribution in [1.82, 2.24) is 15.0 Å². The predicted octanol–water partition coefficient (Wildman–Crippen LogP) is 4.42. The van der Waals surface area contributed by atoms with Gasteiger partial charge < -0.3 is 15.4 Å². The van der Waals surface area contributed by atoms with E-state index < -0.39 is 0 Å². The summed E-state index contributed by atoms with van der Waals surface area (Å²) < 4.78 is 5.59. The van der Waals surface area contributed by atoms with Gasteiger partial charge in [-0.25, -0.2) is 9.97 Å². The highest BCUT2D eigenvalue weighted by molar-refractivity contribution is 6.07. The molecule has 0 unspecified atom stereocenters. The molecule has 0 bridgehead atoms. The lowest BCUT2D eigenvalue weighted by atomic mass is 10.2. The molecule has 2 N–H and O–H groups in total. The maximum absolute atomic E-state index is 12.6. The van der Waals surface area contributed by atoms with Crippen LogP contribution in [0.2, 0.25) is 0 Å². The summed E-state index contributed by atoms with van der Waals surface area (Å²) in [5.41, 5.74) is 2.34. The number of pyridine rings is 1. The third-order valence-electron chi connectivity index (χ3n) is 4.22. The molecule has 0 spiro atoms. The molecular weight excluding hydrogens is 366 g/mol. The Hall–Kier alpha value is -4.00. The largest absolute Gasteiger partial charge is 0.492 e. The fourth-order valence-electron chi connectivity index (χ4n) is 2.89. The standard InChI is InChI=1S/C22H19N5O2/c1-2-29-19-11-4-3-9-16(19)26-20-14-24-18(13-25-20)22(28)27-17-10-5-7-15-8-6-12-23-21(15)17/h3-14H,2H2,1H3,(H,25,26)(H,27,28). The third kappa shape index (κ3) is 4.14. The lowest BCUT2D eigenvalue weighted by Crippen LogP contribution is -2.14. The number of aromatic nitrogens is 3. The van der Waals surface area contributed by atoms with Crippen LogP contribution in [0, 0.1) is 0 Å². The van der Waals surface area contributed by atoms with Gasteiger partial charge in [-0.1, -0.05) is 30.3 Å². The van der Waals surface area contributed by atoms with Crippen LogP contribution in [-0.2, 0) is 0 Å². The zero-order chi connectivity index (χ0) is 20.1. The maximum Gasteiger partial charge on any atom is 0.275 e. The number of carbonyl (C=O) groups excluding carboxylic acids is 1. The zero-order valence-electron chi connectivity index (χ0n) is 15.8. The second kappa shape index (κ2) is 8.35. The highest BCUT2D eigenvalue weighted by atomic mass is 16.5. The summed E-state index contributed by atoms with van der Waals surface area (Å²) in [5, 5.41) is 6.96. The number of hydrogen-bond acceptors (Lipinski definition) is 6. The van der Waals surface area contributed by atoms with Crippen LogP contribution in [0.1, 0.15) is 17.4 Å². The molecule has 2 aromatic carbocycles. The topological polar surface area (TPSA) is 89.0 Å². The Kier molecular flexibility index (Phi) is 5.29. The molecule has 144 valence electrons. The van der Waals surface area contributed by atoms with Gasteiger partial charge in [-0.05, 0) is 31.2 Å². The van der Waals surface area contributed by atoms with Crippen LogP contribution >= 0.6 is 0 Å². The van der Waals surface area contributed by atoms with Gasteiger partial charge >= 0.3 is 0 Å². The van der Waals surface area contributed by atoms with Crippen molar-refractivity contribution in [3.63, 3.8) is 0 Å². The zero-order valence-corrected chi connectivity index (χ0v) is 15.8. The van der Waals surface area contributed by atoms with Gasteiger partial charge in [0.15, 0.2) is 0 Å². The van der Waals surface area contributed by atoms with Crippen molar-refractivity contribution in [2.24, 2.45) is 0 Å². The minimum atomic E-state index is -0.350. The molecule has 2 heterocycles. The molecule has 0 saturated carbocycles. The summed E-state index contributed by atoms with van der Waals surface area (Å²) in [6.07, 6.45) is 4.64. The van der Waals surface area contributed by atoms with E-state index in [1.54, 1.807) is 12.3 Å². The second-order valence-corrected chi connectivity index (χ2v) is 6.18. The lowest BCUT2D eigenvalue weighted by Gasteiger charge is -2.11. The number of carbonyl (C=O) groups is 1. The number of nitrogens with one attached hydrogen (secondary N) is 2. The van der Waals surface area contributed by atoms with Crippen LogP contribution in [0.3, 0.4) is 0 Å². The highest BCUT2D eigenvalue weighted by Gasteiger charge is 2.11. The van der Waals surface area contributed by atoms with Crippen LogP contribution in [-0.4, -0.2) is 27.5 Å². The second-order valence-electron chi connectivity index (χ2n) is 6.18. The number of anilines is 3. The first-order chi connectivity index (χ1) is 14.2. The molecular formula is C22H19N5O2. The molecule has 7 nitrogen and oxygen atoms in total. The Labute approximate surface area is 167 Å². The first-order valence-corrected chi connectivity index (χ1v) is 9.20. The Morgan fingerprint density at radius 2 is 1.76 bits per heavy atom. The summed E-state index contributed by atoms with van der Waals surface area (Å²) in [6, 6.07) is 17.0. The van der Waals surface area contributed by atoms with Gasteiger partial charge in [-0.2, -0.15) is 0 Å². The molecule has 0 aliphatic rings. The van der Waals surface area contributed by atoms with Crippen LogP contribution in [0.25, 0.3) is 10.9 Å². The van der Waals surface area contributed by atoms with E-state index in [1.165, 1.54) is 12.4 Å². The molecule has 0 aliphatic heterocycles. The minimum absolute atomic E-state index is 0.210. The van der Waals surface area contributed by atoms with Gasteiger partial charge in [0.25, 0.3) is 5.91 Å². The Morgan fingerprint density at radius 3 is 2.59 bits per heavy atom.